The number of nitriles is 1. The largest absolute Gasteiger partial charge is 0.264 e. The van der Waals surface area contributed by atoms with Gasteiger partial charge in [0.15, 0.2) is 0 Å². The van der Waals surface area contributed by atoms with E-state index in [9.17, 15) is 18.1 Å². The molecule has 2 aromatic rings. The summed E-state index contributed by atoms with van der Waals surface area (Å²) in [6.07, 6.45) is 3.28. The van der Waals surface area contributed by atoms with Gasteiger partial charge in [0.2, 0.25) is 10.0 Å². The second kappa shape index (κ2) is 5.90. The second-order valence-electron chi connectivity index (χ2n) is 6.94. The number of pyridine rings is 1. The minimum absolute atomic E-state index is 0.124. The Morgan fingerprint density at radius 2 is 2.12 bits per heavy atom. The van der Waals surface area contributed by atoms with Crippen molar-refractivity contribution in [2.45, 2.75) is 31.7 Å². The highest BCUT2D eigenvalue weighted by Crippen LogP contribution is 2.51. The first-order chi connectivity index (χ1) is 11.7. The molecule has 0 amide bonds. The average Bonchev–Trinajstić information content (AvgIpc) is 2.52. The molecule has 1 atom stereocenters. The summed E-state index contributed by atoms with van der Waals surface area (Å²) < 4.78 is 41.4. The van der Waals surface area contributed by atoms with E-state index in [-0.39, 0.29) is 27.5 Å². The topological polar surface area (TPSA) is 74.1 Å². The zero-order valence-corrected chi connectivity index (χ0v) is 15.0. The highest BCUT2D eigenvalue weighted by molar-refractivity contribution is 7.89. The van der Waals surface area contributed by atoms with Crippen molar-refractivity contribution >= 4 is 10.0 Å². The van der Waals surface area contributed by atoms with Gasteiger partial charge in [0, 0.05) is 18.9 Å². The average molecular weight is 359 g/mol. The van der Waals surface area contributed by atoms with Crippen LogP contribution >= 0.6 is 0 Å². The maximum atomic E-state index is 13.6. The van der Waals surface area contributed by atoms with E-state index in [1.807, 2.05) is 19.9 Å². The molecular formula is C18H18FN3O2S. The van der Waals surface area contributed by atoms with Gasteiger partial charge < -0.3 is 0 Å². The SMILES string of the molecule is Cc1cc(F)cc(C#N)c1S(=O)(=O)N1CC(C)(C)C1c1cccnc1. The van der Waals surface area contributed by atoms with Crippen molar-refractivity contribution in [3.8, 4) is 6.07 Å². The summed E-state index contributed by atoms with van der Waals surface area (Å²) in [4.78, 5) is 3.96. The van der Waals surface area contributed by atoms with Crippen LogP contribution in [0.15, 0.2) is 41.6 Å². The molecule has 25 heavy (non-hydrogen) atoms. The van der Waals surface area contributed by atoms with Crippen LogP contribution in [0.3, 0.4) is 0 Å². The molecule has 5 nitrogen and oxygen atoms in total. The first-order valence-electron chi connectivity index (χ1n) is 7.80. The Kier molecular flexibility index (Phi) is 4.13. The number of hydrogen-bond donors (Lipinski definition) is 0. The van der Waals surface area contributed by atoms with Crippen LogP contribution < -0.4 is 0 Å². The van der Waals surface area contributed by atoms with E-state index in [1.54, 1.807) is 24.5 Å². The van der Waals surface area contributed by atoms with E-state index in [4.69, 9.17) is 0 Å². The van der Waals surface area contributed by atoms with Gasteiger partial charge in [-0.3, -0.25) is 4.98 Å². The van der Waals surface area contributed by atoms with Crippen molar-refractivity contribution in [3.05, 3.63) is 59.2 Å². The van der Waals surface area contributed by atoms with Crippen molar-refractivity contribution in [1.29, 1.82) is 5.26 Å². The molecule has 1 aliphatic rings. The van der Waals surface area contributed by atoms with Gasteiger partial charge in [-0.15, -0.1) is 0 Å². The summed E-state index contributed by atoms with van der Waals surface area (Å²) in [5, 5.41) is 9.28. The number of rotatable bonds is 3. The lowest BCUT2D eigenvalue weighted by atomic mass is 9.74. The van der Waals surface area contributed by atoms with E-state index in [1.165, 1.54) is 11.2 Å². The molecule has 130 valence electrons. The van der Waals surface area contributed by atoms with Gasteiger partial charge in [0.05, 0.1) is 11.6 Å². The van der Waals surface area contributed by atoms with Crippen LogP contribution in [-0.4, -0.2) is 24.3 Å². The van der Waals surface area contributed by atoms with Gasteiger partial charge in [-0.05, 0) is 41.7 Å². The molecule has 7 heteroatoms. The molecule has 0 radical (unpaired) electrons. The predicted molar refractivity (Wildman–Crippen MR) is 90.5 cm³/mol. The molecule has 1 saturated heterocycles. The first-order valence-corrected chi connectivity index (χ1v) is 9.24. The maximum absolute atomic E-state index is 13.6. The quantitative estimate of drug-likeness (QED) is 0.844. The Hall–Kier alpha value is -2.30. The van der Waals surface area contributed by atoms with Gasteiger partial charge in [-0.25, -0.2) is 12.8 Å². The van der Waals surface area contributed by atoms with Crippen molar-refractivity contribution in [2.24, 2.45) is 5.41 Å². The van der Waals surface area contributed by atoms with Crippen LogP contribution in [0.25, 0.3) is 0 Å². The molecule has 2 heterocycles. The third-order valence-corrected chi connectivity index (χ3v) is 6.53. The van der Waals surface area contributed by atoms with Gasteiger partial charge in [0.1, 0.15) is 16.8 Å². The van der Waals surface area contributed by atoms with E-state index in [0.29, 0.717) is 6.54 Å². The number of benzene rings is 1. The third kappa shape index (κ3) is 2.81. The predicted octanol–water partition coefficient (Wildman–Crippen LogP) is 3.17. The molecule has 1 aliphatic heterocycles. The van der Waals surface area contributed by atoms with Gasteiger partial charge >= 0.3 is 0 Å². The van der Waals surface area contributed by atoms with Crippen molar-refractivity contribution in [1.82, 2.24) is 9.29 Å². The molecular weight excluding hydrogens is 341 g/mol. The molecule has 0 N–H and O–H groups in total. The fourth-order valence-electron chi connectivity index (χ4n) is 3.51. The monoisotopic (exact) mass is 359 g/mol. The number of nitrogens with zero attached hydrogens (tertiary/aromatic N) is 3. The standard InChI is InChI=1S/C18H18FN3O2S/c1-12-7-15(19)8-14(9-20)16(12)25(23,24)22-11-18(2,3)17(22)13-5-4-6-21-10-13/h4-8,10,17H,11H2,1-3H3. The minimum atomic E-state index is -3.94. The zero-order chi connectivity index (χ0) is 18.4. The first kappa shape index (κ1) is 17.5. The molecule has 0 saturated carbocycles. The zero-order valence-electron chi connectivity index (χ0n) is 14.2. The lowest BCUT2D eigenvalue weighted by molar-refractivity contribution is 0.0195. The lowest BCUT2D eigenvalue weighted by Crippen LogP contribution is -2.57. The summed E-state index contributed by atoms with van der Waals surface area (Å²) in [5.41, 5.74) is 0.579. The highest BCUT2D eigenvalue weighted by Gasteiger charge is 2.53. The fourth-order valence-corrected chi connectivity index (χ4v) is 5.78. The van der Waals surface area contributed by atoms with E-state index >= 15 is 0 Å². The molecule has 0 aliphatic carbocycles. The Balaban J connectivity index is 2.12. The Bertz CT molecular complexity index is 966. The minimum Gasteiger partial charge on any atom is -0.264 e. The Morgan fingerprint density at radius 3 is 2.68 bits per heavy atom. The Morgan fingerprint density at radius 1 is 1.40 bits per heavy atom. The lowest BCUT2D eigenvalue weighted by Gasteiger charge is -2.53. The second-order valence-corrected chi connectivity index (χ2v) is 8.77. The van der Waals surface area contributed by atoms with Crippen LogP contribution in [0.4, 0.5) is 4.39 Å². The summed E-state index contributed by atoms with van der Waals surface area (Å²) in [6.45, 7) is 5.79. The van der Waals surface area contributed by atoms with Crippen LogP contribution in [0, 0.1) is 29.5 Å². The number of aromatic nitrogens is 1. The van der Waals surface area contributed by atoms with Crippen LogP contribution in [0.5, 0.6) is 0 Å². The van der Waals surface area contributed by atoms with Crippen LogP contribution in [0.1, 0.15) is 36.6 Å². The van der Waals surface area contributed by atoms with E-state index in [0.717, 1.165) is 17.7 Å². The number of hydrogen-bond acceptors (Lipinski definition) is 4. The third-order valence-electron chi connectivity index (χ3n) is 4.52. The van der Waals surface area contributed by atoms with Crippen LogP contribution in [0.2, 0.25) is 0 Å². The number of aryl methyl sites for hydroxylation is 1. The summed E-state index contributed by atoms with van der Waals surface area (Å²) >= 11 is 0. The molecule has 1 aromatic carbocycles. The van der Waals surface area contributed by atoms with Gasteiger partial charge in [-0.2, -0.15) is 9.57 Å². The van der Waals surface area contributed by atoms with Crippen molar-refractivity contribution in [2.75, 3.05) is 6.54 Å². The molecule has 1 fully saturated rings. The number of sulfonamides is 1. The van der Waals surface area contributed by atoms with Crippen molar-refractivity contribution < 1.29 is 12.8 Å². The fraction of sp³-hybridized carbons (Fsp3) is 0.333. The molecule has 0 spiro atoms. The van der Waals surface area contributed by atoms with Gasteiger partial charge in [0.25, 0.3) is 0 Å². The smallest absolute Gasteiger partial charge is 0.245 e. The Labute approximate surface area is 146 Å². The van der Waals surface area contributed by atoms with Crippen LogP contribution in [-0.2, 0) is 10.0 Å². The normalized spacial score (nSPS) is 19.9. The highest BCUT2D eigenvalue weighted by atomic mass is 32.2. The van der Waals surface area contributed by atoms with E-state index < -0.39 is 15.8 Å². The molecule has 1 aromatic heterocycles. The molecule has 3 rings (SSSR count). The molecule has 0 bridgehead atoms. The van der Waals surface area contributed by atoms with E-state index in [2.05, 4.69) is 4.98 Å². The van der Waals surface area contributed by atoms with Gasteiger partial charge in [-0.1, -0.05) is 19.9 Å². The number of halogens is 1. The summed E-state index contributed by atoms with van der Waals surface area (Å²) in [7, 11) is -3.94. The maximum Gasteiger partial charge on any atom is 0.245 e. The van der Waals surface area contributed by atoms with Crippen molar-refractivity contribution in [3.63, 3.8) is 0 Å². The summed E-state index contributed by atoms with van der Waals surface area (Å²) in [6, 6.07) is 7.11. The summed E-state index contributed by atoms with van der Waals surface area (Å²) in [5.74, 6) is -0.624. The molecule has 1 unspecified atom stereocenters.